The number of rotatable bonds is 3. The van der Waals surface area contributed by atoms with Crippen LogP contribution < -0.4 is 0 Å². The highest BCUT2D eigenvalue weighted by Gasteiger charge is 2.25. The van der Waals surface area contributed by atoms with Gasteiger partial charge >= 0.3 is 0 Å². The molecule has 116 valence electrons. The van der Waals surface area contributed by atoms with Crippen LogP contribution >= 0.6 is 11.8 Å². The summed E-state index contributed by atoms with van der Waals surface area (Å²) in [5, 5.41) is 3.17. The summed E-state index contributed by atoms with van der Waals surface area (Å²) >= 11 is 1.51. The maximum atomic E-state index is 12.4. The third-order valence-electron chi connectivity index (χ3n) is 3.74. The van der Waals surface area contributed by atoms with E-state index in [4.69, 9.17) is 4.74 Å². The number of hydrogen-bond acceptors (Lipinski definition) is 4. The molecule has 1 saturated heterocycles. The van der Waals surface area contributed by atoms with Crippen LogP contribution in [0, 0.1) is 0 Å². The van der Waals surface area contributed by atoms with Crippen LogP contribution in [0.1, 0.15) is 13.8 Å². The van der Waals surface area contributed by atoms with Gasteiger partial charge < -0.3 is 9.64 Å². The Morgan fingerprint density at radius 2 is 2.00 bits per heavy atom. The van der Waals surface area contributed by atoms with E-state index in [9.17, 15) is 4.79 Å². The van der Waals surface area contributed by atoms with Gasteiger partial charge in [-0.2, -0.15) is 0 Å². The van der Waals surface area contributed by atoms with Crippen molar-refractivity contribution >= 4 is 28.4 Å². The molecule has 2 aromatic rings. The minimum atomic E-state index is 0.105. The van der Waals surface area contributed by atoms with Crippen molar-refractivity contribution in [2.45, 2.75) is 31.1 Å². The number of hydrogen-bond donors (Lipinski definition) is 0. The summed E-state index contributed by atoms with van der Waals surface area (Å²) in [7, 11) is 0. The first-order chi connectivity index (χ1) is 10.6. The molecule has 0 bridgehead atoms. The molecule has 3 rings (SSSR count). The zero-order chi connectivity index (χ0) is 15.5. The van der Waals surface area contributed by atoms with E-state index < -0.39 is 0 Å². The van der Waals surface area contributed by atoms with Crippen molar-refractivity contribution in [1.29, 1.82) is 0 Å². The van der Waals surface area contributed by atoms with Gasteiger partial charge in [0, 0.05) is 24.7 Å². The molecule has 22 heavy (non-hydrogen) atoms. The van der Waals surface area contributed by atoms with E-state index in [1.807, 2.05) is 43.0 Å². The summed E-state index contributed by atoms with van der Waals surface area (Å²) in [5.41, 5.74) is 0. The molecule has 0 unspecified atom stereocenters. The zero-order valence-electron chi connectivity index (χ0n) is 12.9. The van der Waals surface area contributed by atoms with E-state index in [1.165, 1.54) is 11.8 Å². The summed E-state index contributed by atoms with van der Waals surface area (Å²) in [5.74, 6) is 0.571. The Balaban J connectivity index is 1.67. The standard InChI is InChI=1S/C17H20N2O2S/c1-12-9-19(10-13(2)21-12)16(20)11-22-17-15-6-4-3-5-14(15)7-8-18-17/h3-8,12-13H,9-11H2,1-2H3/t12-,13-/m0/s1. The SMILES string of the molecule is C[C@H]1CN(C(=O)CSc2nccc3ccccc23)C[C@H](C)O1. The van der Waals surface area contributed by atoms with Gasteiger partial charge in [0.25, 0.3) is 0 Å². The van der Waals surface area contributed by atoms with Crippen LogP contribution in [0.4, 0.5) is 0 Å². The molecular formula is C17H20N2O2S. The molecule has 1 fully saturated rings. The van der Waals surface area contributed by atoms with Crippen molar-refractivity contribution < 1.29 is 9.53 Å². The molecule has 1 aromatic heterocycles. The summed E-state index contributed by atoms with van der Waals surface area (Å²) < 4.78 is 5.67. The van der Waals surface area contributed by atoms with E-state index in [0.717, 1.165) is 15.8 Å². The third kappa shape index (κ3) is 3.42. The Labute approximate surface area is 134 Å². The Hall–Kier alpha value is -1.59. The fraction of sp³-hybridized carbons (Fsp3) is 0.412. The normalized spacial score (nSPS) is 22.0. The highest BCUT2D eigenvalue weighted by molar-refractivity contribution is 8.00. The van der Waals surface area contributed by atoms with Crippen molar-refractivity contribution in [2.24, 2.45) is 0 Å². The second-order valence-corrected chi connectivity index (χ2v) is 6.65. The second kappa shape index (κ2) is 6.67. The number of nitrogens with zero attached hydrogens (tertiary/aromatic N) is 2. The van der Waals surface area contributed by atoms with E-state index in [1.54, 1.807) is 6.20 Å². The molecule has 0 radical (unpaired) electrons. The molecule has 2 heterocycles. The number of carbonyl (C=O) groups excluding carboxylic acids is 1. The van der Waals surface area contributed by atoms with E-state index in [2.05, 4.69) is 11.1 Å². The molecule has 5 heteroatoms. The highest BCUT2D eigenvalue weighted by atomic mass is 32.2. The summed E-state index contributed by atoms with van der Waals surface area (Å²) in [6.45, 7) is 5.37. The minimum absolute atomic E-state index is 0.105. The average molecular weight is 316 g/mol. The first kappa shape index (κ1) is 15.3. The molecule has 0 N–H and O–H groups in total. The molecule has 1 aliphatic heterocycles. The quantitative estimate of drug-likeness (QED) is 0.817. The number of amides is 1. The van der Waals surface area contributed by atoms with Crippen molar-refractivity contribution in [3.8, 4) is 0 Å². The molecule has 1 amide bonds. The Morgan fingerprint density at radius 3 is 2.77 bits per heavy atom. The molecule has 1 aromatic carbocycles. The van der Waals surface area contributed by atoms with Gasteiger partial charge in [-0.05, 0) is 25.3 Å². The van der Waals surface area contributed by atoms with Gasteiger partial charge in [-0.25, -0.2) is 4.98 Å². The number of morpholine rings is 1. The summed E-state index contributed by atoms with van der Waals surface area (Å²) in [4.78, 5) is 18.7. The number of carbonyl (C=O) groups is 1. The molecule has 1 aliphatic rings. The van der Waals surface area contributed by atoms with Crippen LogP contribution in [0.15, 0.2) is 41.6 Å². The summed E-state index contributed by atoms with van der Waals surface area (Å²) in [6, 6.07) is 10.1. The fourth-order valence-corrected chi connectivity index (χ4v) is 3.73. The van der Waals surface area contributed by atoms with E-state index >= 15 is 0 Å². The molecule has 0 spiro atoms. The monoisotopic (exact) mass is 316 g/mol. The Bertz CT molecular complexity index is 661. The number of pyridine rings is 1. The highest BCUT2D eigenvalue weighted by Crippen LogP contribution is 2.26. The molecule has 4 nitrogen and oxygen atoms in total. The van der Waals surface area contributed by atoms with Crippen LogP contribution in [-0.2, 0) is 9.53 Å². The number of thioether (sulfide) groups is 1. The van der Waals surface area contributed by atoms with Gasteiger partial charge in [-0.1, -0.05) is 36.0 Å². The molecule has 0 saturated carbocycles. The molecular weight excluding hydrogens is 296 g/mol. The Morgan fingerprint density at radius 1 is 1.27 bits per heavy atom. The fourth-order valence-electron chi connectivity index (χ4n) is 2.81. The predicted molar refractivity (Wildman–Crippen MR) is 89.1 cm³/mol. The average Bonchev–Trinajstić information content (AvgIpc) is 2.51. The minimum Gasteiger partial charge on any atom is -0.372 e. The first-order valence-corrected chi connectivity index (χ1v) is 8.52. The van der Waals surface area contributed by atoms with Crippen molar-refractivity contribution in [3.05, 3.63) is 36.5 Å². The summed E-state index contributed by atoms with van der Waals surface area (Å²) in [6.07, 6.45) is 2.01. The lowest BCUT2D eigenvalue weighted by atomic mass is 10.2. The van der Waals surface area contributed by atoms with Crippen LogP contribution in [0.5, 0.6) is 0 Å². The topological polar surface area (TPSA) is 42.4 Å². The lowest BCUT2D eigenvalue weighted by Gasteiger charge is -2.35. The van der Waals surface area contributed by atoms with E-state index in [0.29, 0.717) is 18.8 Å². The maximum Gasteiger partial charge on any atom is 0.233 e. The third-order valence-corrected chi connectivity index (χ3v) is 4.73. The largest absolute Gasteiger partial charge is 0.372 e. The lowest BCUT2D eigenvalue weighted by molar-refractivity contribution is -0.140. The van der Waals surface area contributed by atoms with Crippen LogP contribution in [0.25, 0.3) is 10.8 Å². The van der Waals surface area contributed by atoms with Gasteiger partial charge in [0.05, 0.1) is 18.0 Å². The van der Waals surface area contributed by atoms with Crippen LogP contribution in [0.3, 0.4) is 0 Å². The molecule has 2 atom stereocenters. The second-order valence-electron chi connectivity index (χ2n) is 5.68. The van der Waals surface area contributed by atoms with Gasteiger partial charge in [0.2, 0.25) is 5.91 Å². The van der Waals surface area contributed by atoms with Crippen LogP contribution in [0.2, 0.25) is 0 Å². The number of benzene rings is 1. The van der Waals surface area contributed by atoms with Crippen molar-refractivity contribution in [3.63, 3.8) is 0 Å². The number of fused-ring (bicyclic) bond motifs is 1. The number of ether oxygens (including phenoxy) is 1. The van der Waals surface area contributed by atoms with Crippen molar-refractivity contribution in [2.75, 3.05) is 18.8 Å². The smallest absolute Gasteiger partial charge is 0.233 e. The van der Waals surface area contributed by atoms with Gasteiger partial charge in [-0.3, -0.25) is 4.79 Å². The van der Waals surface area contributed by atoms with Crippen LogP contribution in [-0.4, -0.2) is 46.8 Å². The first-order valence-electron chi connectivity index (χ1n) is 7.53. The van der Waals surface area contributed by atoms with Crippen molar-refractivity contribution in [1.82, 2.24) is 9.88 Å². The maximum absolute atomic E-state index is 12.4. The zero-order valence-corrected chi connectivity index (χ0v) is 13.7. The van der Waals surface area contributed by atoms with E-state index in [-0.39, 0.29) is 18.1 Å². The predicted octanol–water partition coefficient (Wildman–Crippen LogP) is 2.96. The molecule has 0 aliphatic carbocycles. The number of aromatic nitrogens is 1. The van der Waals surface area contributed by atoms with Gasteiger partial charge in [0.1, 0.15) is 5.03 Å². The van der Waals surface area contributed by atoms with Gasteiger partial charge in [0.15, 0.2) is 0 Å². The van der Waals surface area contributed by atoms with Gasteiger partial charge in [-0.15, -0.1) is 0 Å². The lowest BCUT2D eigenvalue weighted by Crippen LogP contribution is -2.48. The Kier molecular flexibility index (Phi) is 4.64.